The first-order chi connectivity index (χ1) is 7.69. The summed E-state index contributed by atoms with van der Waals surface area (Å²) in [5.74, 6) is 0.655. The molecule has 1 heterocycles. The van der Waals surface area contributed by atoms with Crippen LogP contribution in [0.15, 0.2) is 18.2 Å². The highest BCUT2D eigenvalue weighted by Gasteiger charge is 2.06. The van der Waals surface area contributed by atoms with Crippen molar-refractivity contribution in [3.05, 3.63) is 33.8 Å². The number of aliphatic hydroxyl groups is 1. The number of hydrogen-bond donors (Lipinski definition) is 1. The number of benzene rings is 1. The number of ether oxygens (including phenoxy) is 1. The predicted molar refractivity (Wildman–Crippen MR) is 62.1 cm³/mol. The van der Waals surface area contributed by atoms with Crippen molar-refractivity contribution in [3.8, 4) is 10.9 Å². The van der Waals surface area contributed by atoms with Crippen molar-refractivity contribution in [3.63, 3.8) is 0 Å². The quantitative estimate of drug-likeness (QED) is 0.918. The highest BCUT2D eigenvalue weighted by atomic mass is 35.5. The van der Waals surface area contributed by atoms with E-state index in [0.29, 0.717) is 21.0 Å². The van der Waals surface area contributed by atoms with Crippen LogP contribution in [0.1, 0.15) is 10.6 Å². The maximum Gasteiger partial charge on any atom is 0.299 e. The Hall–Kier alpha value is -1.17. The summed E-state index contributed by atoms with van der Waals surface area (Å²) in [6, 6.07) is 5.35. The van der Waals surface area contributed by atoms with Gasteiger partial charge in [0.2, 0.25) is 0 Å². The lowest BCUT2D eigenvalue weighted by atomic mass is 10.2. The van der Waals surface area contributed by atoms with Crippen LogP contribution in [0.25, 0.3) is 0 Å². The van der Waals surface area contributed by atoms with Gasteiger partial charge in [0.25, 0.3) is 5.19 Å². The summed E-state index contributed by atoms with van der Waals surface area (Å²) in [6.45, 7) is 1.77. The lowest BCUT2D eigenvalue weighted by molar-refractivity contribution is 0.280. The van der Waals surface area contributed by atoms with E-state index in [9.17, 15) is 0 Å². The SMILES string of the molecule is Cc1cc(Oc2nnc(CO)s2)ccc1Cl. The molecule has 0 aliphatic heterocycles. The molecule has 2 aromatic rings. The van der Waals surface area contributed by atoms with Gasteiger partial charge < -0.3 is 9.84 Å². The van der Waals surface area contributed by atoms with E-state index in [0.717, 1.165) is 5.56 Å². The van der Waals surface area contributed by atoms with Crippen molar-refractivity contribution in [2.75, 3.05) is 0 Å². The fraction of sp³-hybridized carbons (Fsp3) is 0.200. The Balaban J connectivity index is 2.17. The van der Waals surface area contributed by atoms with Gasteiger partial charge in [0.05, 0.1) is 6.61 Å². The molecule has 0 radical (unpaired) electrons. The van der Waals surface area contributed by atoms with E-state index in [1.54, 1.807) is 12.1 Å². The molecule has 0 aliphatic rings. The van der Waals surface area contributed by atoms with Crippen LogP contribution in [0, 0.1) is 6.92 Å². The predicted octanol–water partition coefficient (Wildman–Crippen LogP) is 2.78. The lowest BCUT2D eigenvalue weighted by Crippen LogP contribution is -1.84. The molecule has 16 heavy (non-hydrogen) atoms. The Labute approximate surface area is 101 Å². The number of hydrogen-bond acceptors (Lipinski definition) is 5. The first kappa shape index (κ1) is 11.3. The molecular formula is C10H9ClN2O2S. The van der Waals surface area contributed by atoms with E-state index in [2.05, 4.69) is 10.2 Å². The molecule has 6 heteroatoms. The van der Waals surface area contributed by atoms with Gasteiger partial charge in [-0.3, -0.25) is 0 Å². The van der Waals surface area contributed by atoms with Crippen LogP contribution in [-0.4, -0.2) is 15.3 Å². The van der Waals surface area contributed by atoms with E-state index in [1.807, 2.05) is 13.0 Å². The van der Waals surface area contributed by atoms with E-state index in [4.69, 9.17) is 21.4 Å². The van der Waals surface area contributed by atoms with E-state index in [-0.39, 0.29) is 6.61 Å². The van der Waals surface area contributed by atoms with Crippen molar-refractivity contribution in [2.45, 2.75) is 13.5 Å². The molecule has 2 rings (SSSR count). The minimum Gasteiger partial charge on any atom is -0.430 e. The second-order valence-electron chi connectivity index (χ2n) is 3.13. The number of aromatic nitrogens is 2. The summed E-state index contributed by atoms with van der Waals surface area (Å²) in [6.07, 6.45) is 0. The van der Waals surface area contributed by atoms with E-state index in [1.165, 1.54) is 11.3 Å². The van der Waals surface area contributed by atoms with Crippen LogP contribution in [0.3, 0.4) is 0 Å². The van der Waals surface area contributed by atoms with Gasteiger partial charge in [0, 0.05) is 5.02 Å². The van der Waals surface area contributed by atoms with Crippen LogP contribution in [0.4, 0.5) is 0 Å². The number of aliphatic hydroxyl groups excluding tert-OH is 1. The molecule has 1 aromatic heterocycles. The van der Waals surface area contributed by atoms with E-state index >= 15 is 0 Å². The third kappa shape index (κ3) is 2.49. The molecule has 0 amide bonds. The molecule has 0 saturated heterocycles. The van der Waals surface area contributed by atoms with Crippen LogP contribution >= 0.6 is 22.9 Å². The molecule has 0 unspecified atom stereocenters. The van der Waals surface area contributed by atoms with Crippen molar-refractivity contribution in [2.24, 2.45) is 0 Å². The molecule has 0 atom stereocenters. The van der Waals surface area contributed by atoms with Crippen LogP contribution in [0.2, 0.25) is 5.02 Å². The van der Waals surface area contributed by atoms with Gasteiger partial charge in [-0.1, -0.05) is 28.0 Å². The van der Waals surface area contributed by atoms with Crippen molar-refractivity contribution < 1.29 is 9.84 Å². The monoisotopic (exact) mass is 256 g/mol. The molecule has 0 aliphatic carbocycles. The third-order valence-electron chi connectivity index (χ3n) is 1.92. The fourth-order valence-electron chi connectivity index (χ4n) is 1.12. The smallest absolute Gasteiger partial charge is 0.299 e. The highest BCUT2D eigenvalue weighted by Crippen LogP contribution is 2.27. The van der Waals surface area contributed by atoms with Crippen molar-refractivity contribution >= 4 is 22.9 Å². The summed E-state index contributed by atoms with van der Waals surface area (Å²) >= 11 is 7.11. The van der Waals surface area contributed by atoms with Gasteiger partial charge in [-0.15, -0.1) is 5.10 Å². The van der Waals surface area contributed by atoms with Gasteiger partial charge in [-0.25, -0.2) is 0 Å². The zero-order valence-electron chi connectivity index (χ0n) is 8.48. The minimum atomic E-state index is -0.124. The maximum atomic E-state index is 8.83. The largest absolute Gasteiger partial charge is 0.430 e. The van der Waals surface area contributed by atoms with Crippen molar-refractivity contribution in [1.82, 2.24) is 10.2 Å². The van der Waals surface area contributed by atoms with Gasteiger partial charge in [0.15, 0.2) is 0 Å². The zero-order valence-corrected chi connectivity index (χ0v) is 10.0. The van der Waals surface area contributed by atoms with Gasteiger partial charge in [-0.05, 0) is 30.7 Å². The Morgan fingerprint density at radius 1 is 1.44 bits per heavy atom. The van der Waals surface area contributed by atoms with E-state index < -0.39 is 0 Å². The van der Waals surface area contributed by atoms with Gasteiger partial charge in [0.1, 0.15) is 10.8 Å². The number of nitrogens with zero attached hydrogens (tertiary/aromatic N) is 2. The average molecular weight is 257 g/mol. The second-order valence-corrected chi connectivity index (χ2v) is 4.56. The molecule has 1 aromatic carbocycles. The molecule has 0 saturated carbocycles. The zero-order chi connectivity index (χ0) is 11.5. The lowest BCUT2D eigenvalue weighted by Gasteiger charge is -2.02. The number of aryl methyl sites for hydroxylation is 1. The Kier molecular flexibility index (Phi) is 3.38. The van der Waals surface area contributed by atoms with Gasteiger partial charge >= 0.3 is 0 Å². The molecule has 0 bridgehead atoms. The normalized spacial score (nSPS) is 10.4. The Morgan fingerprint density at radius 3 is 2.88 bits per heavy atom. The first-order valence-electron chi connectivity index (χ1n) is 4.56. The second kappa shape index (κ2) is 4.78. The standard InChI is InChI=1S/C10H9ClN2O2S/c1-6-4-7(2-3-8(6)11)15-10-13-12-9(5-14)16-10/h2-4,14H,5H2,1H3. The topological polar surface area (TPSA) is 55.2 Å². The highest BCUT2D eigenvalue weighted by molar-refractivity contribution is 7.13. The van der Waals surface area contributed by atoms with Crippen molar-refractivity contribution in [1.29, 1.82) is 0 Å². The summed E-state index contributed by atoms with van der Waals surface area (Å²) < 4.78 is 5.47. The van der Waals surface area contributed by atoms with Crippen LogP contribution in [0.5, 0.6) is 10.9 Å². The summed E-state index contributed by atoms with van der Waals surface area (Å²) in [4.78, 5) is 0. The Morgan fingerprint density at radius 2 is 2.25 bits per heavy atom. The number of rotatable bonds is 3. The molecule has 4 nitrogen and oxygen atoms in total. The summed E-state index contributed by atoms with van der Waals surface area (Å²) in [5, 5.41) is 18.0. The minimum absolute atomic E-state index is 0.124. The third-order valence-corrected chi connectivity index (χ3v) is 3.13. The molecule has 84 valence electrons. The first-order valence-corrected chi connectivity index (χ1v) is 5.75. The average Bonchev–Trinajstić information content (AvgIpc) is 2.71. The van der Waals surface area contributed by atoms with Gasteiger partial charge in [-0.2, -0.15) is 0 Å². The summed E-state index contributed by atoms with van der Waals surface area (Å²) in [7, 11) is 0. The molecule has 0 spiro atoms. The molecule has 0 fully saturated rings. The van der Waals surface area contributed by atoms with Crippen LogP contribution < -0.4 is 4.74 Å². The maximum absolute atomic E-state index is 8.83. The summed E-state index contributed by atoms with van der Waals surface area (Å²) in [5.41, 5.74) is 0.936. The molecule has 1 N–H and O–H groups in total. The number of halogens is 1. The van der Waals surface area contributed by atoms with Crippen LogP contribution in [-0.2, 0) is 6.61 Å². The fourth-order valence-corrected chi connectivity index (χ4v) is 1.81. The molecular weight excluding hydrogens is 248 g/mol. The Bertz CT molecular complexity index is 501.